The molecule has 1 aromatic heterocycles. The molecule has 3 aromatic rings. The van der Waals surface area contributed by atoms with E-state index >= 15 is 0 Å². The smallest absolute Gasteiger partial charge is 0.340 e. The number of fused-ring (bicyclic) bond motifs is 1. The number of carbonyl (C=O) groups is 1. The number of benzene rings is 2. The second kappa shape index (κ2) is 5.81. The maximum atomic E-state index is 11.8. The maximum absolute atomic E-state index is 11.8. The minimum absolute atomic E-state index is 0.331. The van der Waals surface area contributed by atoms with Gasteiger partial charge in [0.15, 0.2) is 0 Å². The number of aromatic nitrogens is 3. The zero-order valence-corrected chi connectivity index (χ0v) is 13.1. The van der Waals surface area contributed by atoms with Gasteiger partial charge in [-0.1, -0.05) is 48.0 Å². The lowest BCUT2D eigenvalue weighted by Crippen LogP contribution is -2.12. The summed E-state index contributed by atoms with van der Waals surface area (Å²) in [7, 11) is 0. The Morgan fingerprint density at radius 1 is 1.21 bits per heavy atom. The first-order valence-electron chi connectivity index (χ1n) is 7.70. The summed E-state index contributed by atoms with van der Waals surface area (Å²) in [6, 6.07) is 15.6. The number of carbonyl (C=O) groups excluding carboxylic acids is 1. The van der Waals surface area contributed by atoms with Gasteiger partial charge in [0, 0.05) is 5.56 Å². The van der Waals surface area contributed by atoms with Crippen molar-refractivity contribution in [2.24, 2.45) is 0 Å². The van der Waals surface area contributed by atoms with Crippen molar-refractivity contribution < 1.29 is 9.53 Å². The van der Waals surface area contributed by atoms with Crippen LogP contribution in [0.4, 0.5) is 5.95 Å². The molecule has 1 aliphatic heterocycles. The van der Waals surface area contributed by atoms with E-state index in [0.717, 1.165) is 11.1 Å². The number of cyclic esters (lactones) is 1. The van der Waals surface area contributed by atoms with E-state index in [9.17, 15) is 4.79 Å². The standard InChI is InChI=1S/C18H16N4O2/c1-12-5-4-6-13(9-12)10-22-11-19-18(21-22)20-16-14-7-2-3-8-15(14)17(23)24-16/h2-9,11,16H,10H2,1H3,(H,20,21). The zero-order valence-electron chi connectivity index (χ0n) is 13.1. The van der Waals surface area contributed by atoms with E-state index in [0.29, 0.717) is 18.1 Å². The van der Waals surface area contributed by atoms with E-state index < -0.39 is 6.23 Å². The molecule has 1 atom stereocenters. The minimum atomic E-state index is -0.552. The Morgan fingerprint density at radius 2 is 2.08 bits per heavy atom. The number of ether oxygens (including phenoxy) is 1. The van der Waals surface area contributed by atoms with Crippen LogP contribution in [0.3, 0.4) is 0 Å². The fourth-order valence-corrected chi connectivity index (χ4v) is 2.80. The van der Waals surface area contributed by atoms with Crippen LogP contribution < -0.4 is 5.32 Å². The summed E-state index contributed by atoms with van der Waals surface area (Å²) in [5, 5.41) is 7.46. The molecule has 0 bridgehead atoms. The molecule has 6 heteroatoms. The highest BCUT2D eigenvalue weighted by atomic mass is 16.6. The van der Waals surface area contributed by atoms with Crippen molar-refractivity contribution >= 4 is 11.9 Å². The van der Waals surface area contributed by atoms with Crippen molar-refractivity contribution in [3.63, 3.8) is 0 Å². The zero-order chi connectivity index (χ0) is 16.5. The molecule has 2 heterocycles. The highest BCUT2D eigenvalue weighted by Crippen LogP contribution is 2.30. The van der Waals surface area contributed by atoms with Gasteiger partial charge in [0.1, 0.15) is 6.33 Å². The predicted molar refractivity (Wildman–Crippen MR) is 88.5 cm³/mol. The van der Waals surface area contributed by atoms with E-state index in [1.807, 2.05) is 24.3 Å². The molecule has 0 radical (unpaired) electrons. The highest BCUT2D eigenvalue weighted by molar-refractivity contribution is 5.94. The Kier molecular flexibility index (Phi) is 3.49. The van der Waals surface area contributed by atoms with Crippen LogP contribution in [0.5, 0.6) is 0 Å². The molecular formula is C18H16N4O2. The molecule has 24 heavy (non-hydrogen) atoms. The lowest BCUT2D eigenvalue weighted by Gasteiger charge is -2.10. The summed E-state index contributed by atoms with van der Waals surface area (Å²) in [5.74, 6) is 0.0967. The molecule has 0 aliphatic carbocycles. The minimum Gasteiger partial charge on any atom is -0.434 e. The van der Waals surface area contributed by atoms with Crippen LogP contribution in [0.1, 0.15) is 33.3 Å². The van der Waals surface area contributed by atoms with E-state index in [2.05, 4.69) is 40.5 Å². The Balaban J connectivity index is 1.49. The molecule has 2 aromatic carbocycles. The molecular weight excluding hydrogens is 304 g/mol. The second-order valence-corrected chi connectivity index (χ2v) is 5.77. The van der Waals surface area contributed by atoms with Crippen LogP contribution in [-0.4, -0.2) is 20.7 Å². The van der Waals surface area contributed by atoms with Gasteiger partial charge in [-0.05, 0) is 18.6 Å². The van der Waals surface area contributed by atoms with E-state index in [1.165, 1.54) is 5.56 Å². The van der Waals surface area contributed by atoms with Crippen LogP contribution in [0.15, 0.2) is 54.9 Å². The number of nitrogens with one attached hydrogen (secondary N) is 1. The molecule has 1 unspecified atom stereocenters. The van der Waals surface area contributed by atoms with Gasteiger partial charge < -0.3 is 10.1 Å². The molecule has 0 amide bonds. The number of hydrogen-bond acceptors (Lipinski definition) is 5. The summed E-state index contributed by atoms with van der Waals surface area (Å²) in [6.07, 6.45) is 1.11. The molecule has 4 rings (SSSR count). The third-order valence-corrected chi connectivity index (χ3v) is 3.91. The lowest BCUT2D eigenvalue weighted by molar-refractivity contribution is 0.0436. The van der Waals surface area contributed by atoms with Crippen molar-refractivity contribution in [3.05, 3.63) is 77.1 Å². The Morgan fingerprint density at radius 3 is 2.96 bits per heavy atom. The van der Waals surface area contributed by atoms with Crippen molar-refractivity contribution in [1.29, 1.82) is 0 Å². The molecule has 1 aliphatic rings. The van der Waals surface area contributed by atoms with Gasteiger partial charge in [0.2, 0.25) is 12.2 Å². The molecule has 1 N–H and O–H groups in total. The van der Waals surface area contributed by atoms with Crippen molar-refractivity contribution in [2.45, 2.75) is 19.7 Å². The fourth-order valence-electron chi connectivity index (χ4n) is 2.80. The van der Waals surface area contributed by atoms with Crippen molar-refractivity contribution in [2.75, 3.05) is 5.32 Å². The number of aryl methyl sites for hydroxylation is 1. The summed E-state index contributed by atoms with van der Waals surface area (Å²) in [6.45, 7) is 2.70. The van der Waals surface area contributed by atoms with Gasteiger partial charge in [0.25, 0.3) is 0 Å². The van der Waals surface area contributed by atoms with Crippen molar-refractivity contribution in [1.82, 2.24) is 14.8 Å². The molecule has 0 fully saturated rings. The monoisotopic (exact) mass is 320 g/mol. The Bertz CT molecular complexity index is 903. The van der Waals surface area contributed by atoms with E-state index in [4.69, 9.17) is 4.74 Å². The van der Waals surface area contributed by atoms with Gasteiger partial charge in [-0.2, -0.15) is 0 Å². The van der Waals surface area contributed by atoms with Crippen LogP contribution in [-0.2, 0) is 11.3 Å². The maximum Gasteiger partial charge on any atom is 0.340 e. The van der Waals surface area contributed by atoms with Gasteiger partial charge in [-0.25, -0.2) is 14.5 Å². The normalized spacial score (nSPS) is 15.9. The second-order valence-electron chi connectivity index (χ2n) is 5.77. The first-order valence-corrected chi connectivity index (χ1v) is 7.70. The summed E-state index contributed by atoms with van der Waals surface area (Å²) < 4.78 is 7.09. The summed E-state index contributed by atoms with van der Waals surface area (Å²) >= 11 is 0. The van der Waals surface area contributed by atoms with Crippen LogP contribution in [0.2, 0.25) is 0 Å². The number of rotatable bonds is 4. The molecule has 0 saturated carbocycles. The topological polar surface area (TPSA) is 69.0 Å². The number of esters is 1. The molecule has 0 spiro atoms. The fraction of sp³-hybridized carbons (Fsp3) is 0.167. The average Bonchev–Trinajstić information content (AvgIpc) is 3.13. The third kappa shape index (κ3) is 2.74. The highest BCUT2D eigenvalue weighted by Gasteiger charge is 2.31. The third-order valence-electron chi connectivity index (χ3n) is 3.91. The van der Waals surface area contributed by atoms with Gasteiger partial charge >= 0.3 is 5.97 Å². The molecule has 0 saturated heterocycles. The van der Waals surface area contributed by atoms with E-state index in [-0.39, 0.29) is 5.97 Å². The SMILES string of the molecule is Cc1cccc(Cn2cnc(NC3OC(=O)c4ccccc43)n2)c1. The Hall–Kier alpha value is -3.15. The quantitative estimate of drug-likeness (QED) is 0.749. The van der Waals surface area contributed by atoms with Gasteiger partial charge in [0.05, 0.1) is 12.1 Å². The van der Waals surface area contributed by atoms with Gasteiger partial charge in [-0.15, -0.1) is 5.10 Å². The van der Waals surface area contributed by atoms with Gasteiger partial charge in [-0.3, -0.25) is 0 Å². The first-order chi connectivity index (χ1) is 11.7. The first kappa shape index (κ1) is 14.4. The van der Waals surface area contributed by atoms with Crippen LogP contribution in [0.25, 0.3) is 0 Å². The summed E-state index contributed by atoms with van der Waals surface area (Å²) in [5.41, 5.74) is 3.75. The van der Waals surface area contributed by atoms with Crippen LogP contribution in [0, 0.1) is 6.92 Å². The molecule has 6 nitrogen and oxygen atoms in total. The van der Waals surface area contributed by atoms with Crippen LogP contribution >= 0.6 is 0 Å². The average molecular weight is 320 g/mol. The number of hydrogen-bond donors (Lipinski definition) is 1. The number of nitrogens with zero attached hydrogens (tertiary/aromatic N) is 3. The number of anilines is 1. The van der Waals surface area contributed by atoms with Crippen molar-refractivity contribution in [3.8, 4) is 0 Å². The largest absolute Gasteiger partial charge is 0.434 e. The predicted octanol–water partition coefficient (Wildman–Crippen LogP) is 2.92. The Labute approximate surface area is 139 Å². The van der Waals surface area contributed by atoms with E-state index in [1.54, 1.807) is 17.1 Å². The summed E-state index contributed by atoms with van der Waals surface area (Å²) in [4.78, 5) is 16.1. The lowest BCUT2D eigenvalue weighted by atomic mass is 10.1. The molecule has 120 valence electrons.